The highest BCUT2D eigenvalue weighted by Gasteiger charge is 2.32. The van der Waals surface area contributed by atoms with E-state index in [-0.39, 0.29) is 11.9 Å². The summed E-state index contributed by atoms with van der Waals surface area (Å²) in [7, 11) is 0. The van der Waals surface area contributed by atoms with Crippen molar-refractivity contribution in [3.8, 4) is 17.0 Å². The molecule has 2 aromatic carbocycles. The lowest BCUT2D eigenvalue weighted by Crippen LogP contribution is -2.44. The van der Waals surface area contributed by atoms with Crippen LogP contribution in [0.4, 0.5) is 5.69 Å². The minimum atomic E-state index is -0.585. The largest absolute Gasteiger partial charge is 0.479 e. The number of benzene rings is 2. The summed E-state index contributed by atoms with van der Waals surface area (Å²) in [4.78, 5) is 31.3. The second-order valence-electron chi connectivity index (χ2n) is 7.04. The first kappa shape index (κ1) is 20.1. The van der Waals surface area contributed by atoms with Gasteiger partial charge in [-0.3, -0.25) is 4.79 Å². The molecule has 1 unspecified atom stereocenters. The number of esters is 1. The van der Waals surface area contributed by atoms with Crippen LogP contribution < -0.4 is 9.64 Å². The molecule has 0 spiro atoms. The topological polar surface area (TPSA) is 68.7 Å². The van der Waals surface area contributed by atoms with Crippen molar-refractivity contribution in [1.82, 2.24) is 4.98 Å². The molecule has 0 saturated carbocycles. The van der Waals surface area contributed by atoms with Gasteiger partial charge in [-0.1, -0.05) is 12.1 Å². The average molecular weight is 423 g/mol. The predicted molar refractivity (Wildman–Crippen MR) is 116 cm³/mol. The van der Waals surface area contributed by atoms with Crippen LogP contribution in [0.3, 0.4) is 0 Å². The number of hydrogen-bond donors (Lipinski definition) is 0. The fourth-order valence-corrected chi connectivity index (χ4v) is 4.04. The molecule has 0 bridgehead atoms. The minimum Gasteiger partial charge on any atom is -0.479 e. The van der Waals surface area contributed by atoms with E-state index in [0.29, 0.717) is 30.2 Å². The van der Waals surface area contributed by atoms with Crippen LogP contribution in [0.2, 0.25) is 0 Å². The minimum absolute atomic E-state index is 0.129. The van der Waals surface area contributed by atoms with Gasteiger partial charge in [-0.25, -0.2) is 9.78 Å². The van der Waals surface area contributed by atoms with Crippen LogP contribution in [0.15, 0.2) is 47.8 Å². The van der Waals surface area contributed by atoms with Gasteiger partial charge in [0.05, 0.1) is 35.1 Å². The molecule has 0 N–H and O–H groups in total. The third-order valence-electron chi connectivity index (χ3n) is 4.86. The molecule has 0 radical (unpaired) electrons. The summed E-state index contributed by atoms with van der Waals surface area (Å²) in [6.07, 6.45) is -0.585. The van der Waals surface area contributed by atoms with E-state index in [1.54, 1.807) is 48.3 Å². The Hall–Kier alpha value is -3.19. The number of carbonyl (C=O) groups excluding carboxylic acids is 2. The van der Waals surface area contributed by atoms with Gasteiger partial charge in [0.1, 0.15) is 5.75 Å². The summed E-state index contributed by atoms with van der Waals surface area (Å²) in [5.41, 5.74) is 3.80. The Kier molecular flexibility index (Phi) is 5.55. The Labute approximate surface area is 179 Å². The van der Waals surface area contributed by atoms with Gasteiger partial charge < -0.3 is 14.4 Å². The molecular weight excluding hydrogens is 400 g/mol. The molecule has 4 rings (SSSR count). The van der Waals surface area contributed by atoms with E-state index in [2.05, 4.69) is 4.98 Å². The van der Waals surface area contributed by atoms with E-state index >= 15 is 0 Å². The molecule has 1 aliphatic rings. The van der Waals surface area contributed by atoms with Crippen LogP contribution in [0.25, 0.3) is 11.3 Å². The Morgan fingerprint density at radius 3 is 2.83 bits per heavy atom. The first-order valence-corrected chi connectivity index (χ1v) is 10.6. The summed E-state index contributed by atoms with van der Waals surface area (Å²) >= 11 is 1.58. The predicted octanol–water partition coefficient (Wildman–Crippen LogP) is 4.61. The first-order valence-electron chi connectivity index (χ1n) is 9.77. The van der Waals surface area contributed by atoms with E-state index in [1.807, 2.05) is 36.6 Å². The molecule has 3 aromatic rings. The van der Waals surface area contributed by atoms with Gasteiger partial charge in [0.15, 0.2) is 6.10 Å². The number of anilines is 1. The maximum Gasteiger partial charge on any atom is 0.338 e. The number of hydrogen-bond acceptors (Lipinski definition) is 6. The van der Waals surface area contributed by atoms with Gasteiger partial charge in [-0.15, -0.1) is 11.3 Å². The quantitative estimate of drug-likeness (QED) is 0.562. The molecule has 7 heteroatoms. The monoisotopic (exact) mass is 422 g/mol. The summed E-state index contributed by atoms with van der Waals surface area (Å²) in [6.45, 7) is 6.11. The van der Waals surface area contributed by atoms with Crippen molar-refractivity contribution in [3.63, 3.8) is 0 Å². The summed E-state index contributed by atoms with van der Waals surface area (Å²) in [5, 5.41) is 2.98. The highest BCUT2D eigenvalue weighted by Crippen LogP contribution is 2.38. The summed E-state index contributed by atoms with van der Waals surface area (Å²) < 4.78 is 10.9. The van der Waals surface area contributed by atoms with Crippen molar-refractivity contribution >= 4 is 28.9 Å². The molecule has 1 amide bonds. The van der Waals surface area contributed by atoms with Gasteiger partial charge in [-0.2, -0.15) is 0 Å². The Morgan fingerprint density at radius 2 is 2.10 bits per heavy atom. The number of aryl methyl sites for hydroxylation is 1. The standard InChI is InChI=1S/C23H22N2O4S/c1-4-28-23(27)18-7-5-6-16(10-18)12-25-20-11-17(19-13-30-15(3)24-19)8-9-21(20)29-14(2)22(25)26/h5-11,13-14H,4,12H2,1-3H3. The van der Waals surface area contributed by atoms with E-state index in [4.69, 9.17) is 9.47 Å². The number of thiazole rings is 1. The van der Waals surface area contributed by atoms with E-state index in [9.17, 15) is 9.59 Å². The number of ether oxygens (including phenoxy) is 2. The molecule has 6 nitrogen and oxygen atoms in total. The van der Waals surface area contributed by atoms with Crippen LogP contribution in [0.1, 0.15) is 34.8 Å². The van der Waals surface area contributed by atoms with Crippen molar-refractivity contribution in [3.05, 3.63) is 64.0 Å². The SMILES string of the molecule is CCOC(=O)c1cccc(CN2C(=O)C(C)Oc3ccc(-c4csc(C)n4)cc32)c1. The zero-order chi connectivity index (χ0) is 21.3. The molecule has 2 heterocycles. The zero-order valence-corrected chi connectivity index (χ0v) is 17.9. The zero-order valence-electron chi connectivity index (χ0n) is 17.0. The number of rotatable bonds is 5. The average Bonchev–Trinajstić information content (AvgIpc) is 3.18. The van der Waals surface area contributed by atoms with Crippen molar-refractivity contribution in [2.24, 2.45) is 0 Å². The molecule has 1 aliphatic heterocycles. The van der Waals surface area contributed by atoms with E-state index < -0.39 is 6.10 Å². The van der Waals surface area contributed by atoms with Crippen molar-refractivity contribution in [1.29, 1.82) is 0 Å². The van der Waals surface area contributed by atoms with Crippen LogP contribution in [-0.4, -0.2) is 29.6 Å². The van der Waals surface area contributed by atoms with Gasteiger partial charge >= 0.3 is 5.97 Å². The molecule has 0 saturated heterocycles. The van der Waals surface area contributed by atoms with Gasteiger partial charge in [0, 0.05) is 10.9 Å². The maximum atomic E-state index is 13.0. The fraction of sp³-hybridized carbons (Fsp3) is 0.261. The van der Waals surface area contributed by atoms with Crippen molar-refractivity contribution in [2.45, 2.75) is 33.4 Å². The van der Waals surface area contributed by atoms with Crippen LogP contribution >= 0.6 is 11.3 Å². The highest BCUT2D eigenvalue weighted by atomic mass is 32.1. The van der Waals surface area contributed by atoms with Crippen molar-refractivity contribution < 1.29 is 19.1 Å². The first-order chi connectivity index (χ1) is 14.5. The number of amides is 1. The molecule has 1 atom stereocenters. The Morgan fingerprint density at radius 1 is 1.27 bits per heavy atom. The van der Waals surface area contributed by atoms with Crippen molar-refractivity contribution in [2.75, 3.05) is 11.5 Å². The van der Waals surface area contributed by atoms with Crippen LogP contribution in [-0.2, 0) is 16.1 Å². The Balaban J connectivity index is 1.69. The molecular formula is C23H22N2O4S. The Bertz CT molecular complexity index is 1110. The summed E-state index contributed by atoms with van der Waals surface area (Å²) in [6, 6.07) is 12.9. The number of fused-ring (bicyclic) bond motifs is 1. The molecule has 154 valence electrons. The fourth-order valence-electron chi connectivity index (χ4n) is 3.42. The maximum absolute atomic E-state index is 13.0. The van der Waals surface area contributed by atoms with E-state index in [1.165, 1.54) is 0 Å². The molecule has 30 heavy (non-hydrogen) atoms. The van der Waals surface area contributed by atoms with E-state index in [0.717, 1.165) is 21.8 Å². The third-order valence-corrected chi connectivity index (χ3v) is 5.63. The van der Waals surface area contributed by atoms with Crippen LogP contribution in [0, 0.1) is 6.92 Å². The van der Waals surface area contributed by atoms with Crippen LogP contribution in [0.5, 0.6) is 5.75 Å². The number of aromatic nitrogens is 1. The second kappa shape index (κ2) is 8.28. The molecule has 0 aliphatic carbocycles. The lowest BCUT2D eigenvalue weighted by Gasteiger charge is -2.33. The van der Waals surface area contributed by atoms with Gasteiger partial charge in [0.2, 0.25) is 0 Å². The second-order valence-corrected chi connectivity index (χ2v) is 8.10. The normalized spacial score (nSPS) is 15.5. The lowest BCUT2D eigenvalue weighted by atomic mass is 10.1. The van der Waals surface area contributed by atoms with Gasteiger partial charge in [-0.05, 0) is 56.7 Å². The smallest absolute Gasteiger partial charge is 0.338 e. The van der Waals surface area contributed by atoms with Gasteiger partial charge in [0.25, 0.3) is 5.91 Å². The molecule has 1 aromatic heterocycles. The lowest BCUT2D eigenvalue weighted by molar-refractivity contribution is -0.125. The third kappa shape index (κ3) is 3.93. The number of nitrogens with zero attached hydrogens (tertiary/aromatic N) is 2. The number of carbonyl (C=O) groups is 2. The highest BCUT2D eigenvalue weighted by molar-refractivity contribution is 7.09. The molecule has 0 fully saturated rings. The summed E-state index contributed by atoms with van der Waals surface area (Å²) in [5.74, 6) is 0.151.